The minimum absolute atomic E-state index is 0.0590. The molecule has 1 aromatic heterocycles. The molecule has 1 saturated heterocycles. The lowest BCUT2D eigenvalue weighted by Crippen LogP contribution is -3.13. The van der Waals surface area contributed by atoms with Gasteiger partial charge in [-0.05, 0) is 30.3 Å². The fourth-order valence-electron chi connectivity index (χ4n) is 3.52. The smallest absolute Gasteiger partial charge is 0.349 e. The van der Waals surface area contributed by atoms with E-state index in [1.807, 2.05) is 12.1 Å². The number of carbonyl (C=O) groups excluding carboxylic acids is 1. The third kappa shape index (κ3) is 3.79. The number of nitrogens with zero attached hydrogens (tertiary/aromatic N) is 1. The first-order valence-corrected chi connectivity index (χ1v) is 9.49. The number of hydrogen-bond acceptors (Lipinski definition) is 3. The van der Waals surface area contributed by atoms with Crippen LogP contribution in [-0.4, -0.2) is 37.0 Å². The van der Waals surface area contributed by atoms with Crippen LogP contribution in [0.15, 0.2) is 57.7 Å². The highest BCUT2D eigenvalue weighted by atomic mass is 35.5. The van der Waals surface area contributed by atoms with E-state index in [-0.39, 0.29) is 17.3 Å². The molecule has 1 amide bonds. The maximum Gasteiger partial charge on any atom is 0.349 e. The molecule has 0 saturated carbocycles. The summed E-state index contributed by atoms with van der Waals surface area (Å²) in [5.74, 6) is -0.660. The highest BCUT2D eigenvalue weighted by Gasteiger charge is 2.27. The Morgan fingerprint density at radius 1 is 1.14 bits per heavy atom. The number of carbonyl (C=O) groups is 1. The van der Waals surface area contributed by atoms with Gasteiger partial charge >= 0.3 is 5.63 Å². The molecule has 0 unspecified atom stereocenters. The van der Waals surface area contributed by atoms with Crippen LogP contribution in [0.3, 0.4) is 0 Å². The molecule has 0 spiro atoms. The van der Waals surface area contributed by atoms with Crippen molar-refractivity contribution in [3.8, 4) is 0 Å². The number of halogens is 2. The maximum atomic E-state index is 13.2. The molecule has 28 heavy (non-hydrogen) atoms. The molecule has 144 valence electrons. The largest absolute Gasteiger partial charge is 0.422 e. The van der Waals surface area contributed by atoms with Gasteiger partial charge in [-0.2, -0.15) is 0 Å². The monoisotopic (exact) mass is 401 g/mol. The molecule has 2 heterocycles. The number of benzene rings is 2. The maximum absolute atomic E-state index is 13.2. The van der Waals surface area contributed by atoms with E-state index in [0.717, 1.165) is 24.0 Å². The molecule has 4 rings (SSSR count). The number of quaternary nitrogens is 1. The van der Waals surface area contributed by atoms with Crippen LogP contribution < -0.4 is 10.5 Å². The van der Waals surface area contributed by atoms with E-state index in [4.69, 9.17) is 16.0 Å². The molecular formula is C21H19ClFN2O3+. The Hall–Kier alpha value is -2.70. The van der Waals surface area contributed by atoms with Gasteiger partial charge in [0.15, 0.2) is 0 Å². The Morgan fingerprint density at radius 3 is 2.64 bits per heavy atom. The zero-order chi connectivity index (χ0) is 19.7. The number of piperazine rings is 1. The number of rotatable bonds is 3. The molecule has 0 aliphatic carbocycles. The van der Waals surface area contributed by atoms with Crippen LogP contribution in [0.25, 0.3) is 11.0 Å². The van der Waals surface area contributed by atoms with Gasteiger partial charge in [0.05, 0.1) is 31.2 Å². The lowest BCUT2D eigenvalue weighted by atomic mass is 10.1. The van der Waals surface area contributed by atoms with Crippen molar-refractivity contribution >= 4 is 28.5 Å². The summed E-state index contributed by atoms with van der Waals surface area (Å²) in [6.45, 7) is 3.16. The van der Waals surface area contributed by atoms with Gasteiger partial charge < -0.3 is 14.2 Å². The van der Waals surface area contributed by atoms with Crippen molar-refractivity contribution in [2.75, 3.05) is 26.2 Å². The molecule has 2 aromatic carbocycles. The fourth-order valence-corrected chi connectivity index (χ4v) is 3.75. The van der Waals surface area contributed by atoms with E-state index in [1.165, 1.54) is 17.0 Å². The minimum Gasteiger partial charge on any atom is -0.422 e. The van der Waals surface area contributed by atoms with Crippen molar-refractivity contribution < 1.29 is 18.5 Å². The Bertz CT molecular complexity index is 1090. The second-order valence-corrected chi connectivity index (χ2v) is 7.35. The fraction of sp³-hybridized carbons (Fsp3) is 0.238. The van der Waals surface area contributed by atoms with Gasteiger partial charge in [-0.15, -0.1) is 0 Å². The van der Waals surface area contributed by atoms with Crippen molar-refractivity contribution in [3.05, 3.63) is 80.9 Å². The van der Waals surface area contributed by atoms with Crippen molar-refractivity contribution in [2.24, 2.45) is 0 Å². The number of amides is 1. The van der Waals surface area contributed by atoms with Gasteiger partial charge in [0, 0.05) is 10.9 Å². The standard InChI is InChI=1S/C21H18ClFN2O3/c22-18-12-16(23)6-5-15(18)13-24-7-9-25(10-8-24)20(26)17-11-14-3-1-2-4-19(14)28-21(17)27/h1-6,11-12H,7-10,13H2/p+1. The third-order valence-electron chi connectivity index (χ3n) is 5.09. The quantitative estimate of drug-likeness (QED) is 0.684. The van der Waals surface area contributed by atoms with Gasteiger partial charge in [0.25, 0.3) is 5.91 Å². The molecule has 1 N–H and O–H groups in total. The molecule has 0 radical (unpaired) electrons. The van der Waals surface area contributed by atoms with E-state index in [2.05, 4.69) is 0 Å². The molecule has 5 nitrogen and oxygen atoms in total. The molecule has 0 bridgehead atoms. The Balaban J connectivity index is 1.44. The average molecular weight is 402 g/mol. The zero-order valence-electron chi connectivity index (χ0n) is 15.1. The summed E-state index contributed by atoms with van der Waals surface area (Å²) >= 11 is 6.11. The molecule has 1 aliphatic heterocycles. The molecule has 7 heteroatoms. The lowest BCUT2D eigenvalue weighted by Gasteiger charge is -2.32. The van der Waals surface area contributed by atoms with Gasteiger partial charge in [-0.3, -0.25) is 4.79 Å². The number of para-hydroxylation sites is 1. The summed E-state index contributed by atoms with van der Waals surface area (Å²) < 4.78 is 18.5. The van der Waals surface area contributed by atoms with Crippen LogP contribution in [0.5, 0.6) is 0 Å². The lowest BCUT2D eigenvalue weighted by molar-refractivity contribution is -0.917. The van der Waals surface area contributed by atoms with Crippen molar-refractivity contribution in [1.29, 1.82) is 0 Å². The highest BCUT2D eigenvalue weighted by Crippen LogP contribution is 2.17. The van der Waals surface area contributed by atoms with Gasteiger partial charge in [0.2, 0.25) is 0 Å². The van der Waals surface area contributed by atoms with Crippen molar-refractivity contribution in [2.45, 2.75) is 6.54 Å². The normalized spacial score (nSPS) is 15.1. The van der Waals surface area contributed by atoms with E-state index in [0.29, 0.717) is 30.2 Å². The van der Waals surface area contributed by atoms with Crippen molar-refractivity contribution in [3.63, 3.8) is 0 Å². The first-order valence-electron chi connectivity index (χ1n) is 9.11. The summed E-state index contributed by atoms with van der Waals surface area (Å²) in [6.07, 6.45) is 0. The SMILES string of the molecule is O=C(c1cc2ccccc2oc1=O)N1CC[NH+](Cc2ccc(F)cc2Cl)CC1. The predicted octanol–water partition coefficient (Wildman–Crippen LogP) is 2.13. The van der Waals surface area contributed by atoms with Crippen LogP contribution in [-0.2, 0) is 6.54 Å². The highest BCUT2D eigenvalue weighted by molar-refractivity contribution is 6.31. The molecule has 1 aliphatic rings. The van der Waals surface area contributed by atoms with Crippen LogP contribution in [0.1, 0.15) is 15.9 Å². The Kier molecular flexibility index (Phi) is 5.15. The second-order valence-electron chi connectivity index (χ2n) is 6.94. The minimum atomic E-state index is -0.614. The van der Waals surface area contributed by atoms with Gasteiger partial charge in [-0.1, -0.05) is 29.8 Å². The molecule has 3 aromatic rings. The summed E-state index contributed by atoms with van der Waals surface area (Å²) in [7, 11) is 0. The van der Waals surface area contributed by atoms with Gasteiger partial charge in [0.1, 0.15) is 23.5 Å². The summed E-state index contributed by atoms with van der Waals surface area (Å²) in [6, 6.07) is 13.1. The summed E-state index contributed by atoms with van der Waals surface area (Å²) in [4.78, 5) is 28.0. The Labute approximate surface area is 165 Å². The topological polar surface area (TPSA) is 55.0 Å². The average Bonchev–Trinajstić information content (AvgIpc) is 2.69. The van der Waals surface area contributed by atoms with Crippen molar-refractivity contribution in [1.82, 2.24) is 4.90 Å². The van der Waals surface area contributed by atoms with Gasteiger partial charge in [-0.25, -0.2) is 9.18 Å². The van der Waals surface area contributed by atoms with E-state index >= 15 is 0 Å². The Morgan fingerprint density at radius 2 is 1.89 bits per heavy atom. The first-order chi connectivity index (χ1) is 13.5. The predicted molar refractivity (Wildman–Crippen MR) is 104 cm³/mol. The van der Waals surface area contributed by atoms with E-state index < -0.39 is 5.63 Å². The zero-order valence-corrected chi connectivity index (χ0v) is 15.8. The number of hydrogen-bond donors (Lipinski definition) is 1. The second kappa shape index (κ2) is 7.73. The first kappa shape index (κ1) is 18.7. The summed E-state index contributed by atoms with van der Waals surface area (Å²) in [5.41, 5.74) is 0.794. The van der Waals surface area contributed by atoms with E-state index in [1.54, 1.807) is 29.2 Å². The molecule has 1 fully saturated rings. The molecular weight excluding hydrogens is 383 g/mol. The van der Waals surface area contributed by atoms with Crippen LogP contribution >= 0.6 is 11.6 Å². The van der Waals surface area contributed by atoms with Crippen LogP contribution in [0, 0.1) is 5.82 Å². The summed E-state index contributed by atoms with van der Waals surface area (Å²) in [5, 5.41) is 1.14. The number of nitrogens with one attached hydrogen (secondary N) is 1. The number of fused-ring (bicyclic) bond motifs is 1. The van der Waals surface area contributed by atoms with E-state index in [9.17, 15) is 14.0 Å². The molecule has 0 atom stereocenters. The van der Waals surface area contributed by atoms with Crippen LogP contribution in [0.4, 0.5) is 4.39 Å². The van der Waals surface area contributed by atoms with Crippen LogP contribution in [0.2, 0.25) is 5.02 Å². The third-order valence-corrected chi connectivity index (χ3v) is 5.44.